The van der Waals surface area contributed by atoms with E-state index < -0.39 is 0 Å². The SMILES string of the molecule is CCCN(CCCN(C)C)C1(CN)CCC(CC)CC1. The van der Waals surface area contributed by atoms with Crippen LogP contribution in [0.5, 0.6) is 0 Å². The Morgan fingerprint density at radius 2 is 1.70 bits per heavy atom. The van der Waals surface area contributed by atoms with Gasteiger partial charge in [0.05, 0.1) is 0 Å². The normalized spacial score (nSPS) is 27.4. The predicted molar refractivity (Wildman–Crippen MR) is 89.1 cm³/mol. The van der Waals surface area contributed by atoms with Gasteiger partial charge in [0.25, 0.3) is 0 Å². The van der Waals surface area contributed by atoms with Gasteiger partial charge in [-0.3, -0.25) is 4.90 Å². The van der Waals surface area contributed by atoms with Crippen LogP contribution in [0.1, 0.15) is 58.8 Å². The third kappa shape index (κ3) is 5.01. The van der Waals surface area contributed by atoms with Crippen molar-refractivity contribution in [1.29, 1.82) is 0 Å². The van der Waals surface area contributed by atoms with E-state index in [-0.39, 0.29) is 0 Å². The summed E-state index contributed by atoms with van der Waals surface area (Å²) in [5, 5.41) is 0. The summed E-state index contributed by atoms with van der Waals surface area (Å²) in [4.78, 5) is 5.01. The van der Waals surface area contributed by atoms with E-state index in [1.54, 1.807) is 0 Å². The van der Waals surface area contributed by atoms with E-state index in [1.165, 1.54) is 64.6 Å². The number of nitrogens with two attached hydrogens (primary N) is 1. The molecule has 0 aromatic heterocycles. The molecule has 1 rings (SSSR count). The minimum Gasteiger partial charge on any atom is -0.329 e. The summed E-state index contributed by atoms with van der Waals surface area (Å²) >= 11 is 0. The topological polar surface area (TPSA) is 32.5 Å². The molecule has 3 nitrogen and oxygen atoms in total. The van der Waals surface area contributed by atoms with Crippen LogP contribution in [0.15, 0.2) is 0 Å². The zero-order chi connectivity index (χ0) is 15.0. The first-order valence-electron chi connectivity index (χ1n) is 8.67. The summed E-state index contributed by atoms with van der Waals surface area (Å²) in [6, 6.07) is 0. The van der Waals surface area contributed by atoms with E-state index >= 15 is 0 Å². The van der Waals surface area contributed by atoms with Crippen molar-refractivity contribution in [3.05, 3.63) is 0 Å². The molecule has 0 spiro atoms. The Morgan fingerprint density at radius 1 is 1.05 bits per heavy atom. The summed E-state index contributed by atoms with van der Waals surface area (Å²) < 4.78 is 0. The van der Waals surface area contributed by atoms with Gasteiger partial charge in [0.15, 0.2) is 0 Å². The van der Waals surface area contributed by atoms with Crippen LogP contribution >= 0.6 is 0 Å². The van der Waals surface area contributed by atoms with Crippen molar-refractivity contribution in [1.82, 2.24) is 9.80 Å². The average Bonchev–Trinajstić information content (AvgIpc) is 2.46. The first-order chi connectivity index (χ1) is 9.57. The highest BCUT2D eigenvalue weighted by Gasteiger charge is 2.38. The van der Waals surface area contributed by atoms with Crippen LogP contribution in [0, 0.1) is 5.92 Å². The Morgan fingerprint density at radius 3 is 2.15 bits per heavy atom. The van der Waals surface area contributed by atoms with Crippen molar-refractivity contribution in [3.63, 3.8) is 0 Å². The monoisotopic (exact) mass is 283 g/mol. The van der Waals surface area contributed by atoms with E-state index in [9.17, 15) is 0 Å². The van der Waals surface area contributed by atoms with Gasteiger partial charge in [-0.1, -0.05) is 20.3 Å². The molecule has 1 aliphatic rings. The number of nitrogens with zero attached hydrogens (tertiary/aromatic N) is 2. The summed E-state index contributed by atoms with van der Waals surface area (Å²) in [5.41, 5.74) is 6.54. The van der Waals surface area contributed by atoms with E-state index in [4.69, 9.17) is 5.73 Å². The highest BCUT2D eigenvalue weighted by molar-refractivity contribution is 4.95. The molecular formula is C17H37N3. The molecule has 1 saturated carbocycles. The molecule has 0 unspecified atom stereocenters. The molecule has 0 saturated heterocycles. The third-order valence-corrected chi connectivity index (χ3v) is 5.19. The summed E-state index contributed by atoms with van der Waals surface area (Å²) in [7, 11) is 4.32. The van der Waals surface area contributed by atoms with Crippen molar-refractivity contribution < 1.29 is 0 Å². The van der Waals surface area contributed by atoms with Gasteiger partial charge < -0.3 is 10.6 Å². The Bertz CT molecular complexity index is 245. The molecule has 0 heterocycles. The van der Waals surface area contributed by atoms with E-state index in [0.29, 0.717) is 5.54 Å². The first kappa shape index (κ1) is 17.9. The van der Waals surface area contributed by atoms with Gasteiger partial charge >= 0.3 is 0 Å². The zero-order valence-corrected chi connectivity index (χ0v) is 14.3. The van der Waals surface area contributed by atoms with Crippen LogP contribution in [-0.2, 0) is 0 Å². The molecular weight excluding hydrogens is 246 g/mol. The molecule has 0 aromatic carbocycles. The standard InChI is InChI=1S/C17H37N3/c1-5-12-20(14-7-13-19(3)4)17(15-18)10-8-16(6-2)9-11-17/h16H,5-15,18H2,1-4H3. The molecule has 1 aliphatic carbocycles. The lowest BCUT2D eigenvalue weighted by molar-refractivity contribution is 0.0390. The van der Waals surface area contributed by atoms with Gasteiger partial charge in [-0.25, -0.2) is 0 Å². The molecule has 1 fully saturated rings. The molecule has 20 heavy (non-hydrogen) atoms. The molecule has 0 radical (unpaired) electrons. The molecule has 3 heteroatoms. The lowest BCUT2D eigenvalue weighted by Crippen LogP contribution is -2.56. The fraction of sp³-hybridized carbons (Fsp3) is 1.00. The predicted octanol–water partition coefficient (Wildman–Crippen LogP) is 2.95. The molecule has 2 N–H and O–H groups in total. The van der Waals surface area contributed by atoms with Crippen LogP contribution < -0.4 is 5.73 Å². The lowest BCUT2D eigenvalue weighted by Gasteiger charge is -2.48. The molecule has 0 amide bonds. The van der Waals surface area contributed by atoms with Crippen molar-refractivity contribution >= 4 is 0 Å². The van der Waals surface area contributed by atoms with Crippen molar-refractivity contribution in [2.45, 2.75) is 64.3 Å². The highest BCUT2D eigenvalue weighted by Crippen LogP contribution is 2.37. The van der Waals surface area contributed by atoms with Crippen molar-refractivity contribution in [2.75, 3.05) is 40.3 Å². The van der Waals surface area contributed by atoms with Crippen LogP contribution in [0.25, 0.3) is 0 Å². The van der Waals surface area contributed by atoms with Crippen molar-refractivity contribution in [3.8, 4) is 0 Å². The maximum absolute atomic E-state index is 6.24. The number of hydrogen-bond donors (Lipinski definition) is 1. The van der Waals surface area contributed by atoms with Gasteiger partial charge in [-0.05, 0) is 78.2 Å². The second-order valence-electron chi connectivity index (χ2n) is 6.92. The van der Waals surface area contributed by atoms with Gasteiger partial charge in [-0.2, -0.15) is 0 Å². The summed E-state index contributed by atoms with van der Waals surface area (Å²) in [5.74, 6) is 0.944. The van der Waals surface area contributed by atoms with Gasteiger partial charge in [0.2, 0.25) is 0 Å². The summed E-state index contributed by atoms with van der Waals surface area (Å²) in [6.07, 6.45) is 9.21. The van der Waals surface area contributed by atoms with Crippen LogP contribution in [0.2, 0.25) is 0 Å². The fourth-order valence-electron chi connectivity index (χ4n) is 3.71. The fourth-order valence-corrected chi connectivity index (χ4v) is 3.71. The van der Waals surface area contributed by atoms with Crippen LogP contribution in [0.3, 0.4) is 0 Å². The van der Waals surface area contributed by atoms with E-state index in [0.717, 1.165) is 12.5 Å². The van der Waals surface area contributed by atoms with E-state index in [2.05, 4.69) is 37.7 Å². The van der Waals surface area contributed by atoms with Crippen LogP contribution in [-0.4, -0.2) is 55.6 Å². The Balaban J connectivity index is 2.60. The minimum atomic E-state index is 0.300. The van der Waals surface area contributed by atoms with Crippen molar-refractivity contribution in [2.24, 2.45) is 11.7 Å². The maximum atomic E-state index is 6.24. The molecule has 0 atom stereocenters. The van der Waals surface area contributed by atoms with Gasteiger partial charge in [0.1, 0.15) is 0 Å². The average molecular weight is 284 g/mol. The second kappa shape index (κ2) is 9.01. The summed E-state index contributed by atoms with van der Waals surface area (Å²) in [6.45, 7) is 9.06. The third-order valence-electron chi connectivity index (χ3n) is 5.19. The minimum absolute atomic E-state index is 0.300. The smallest absolute Gasteiger partial charge is 0.0331 e. The Labute approximate surface area is 126 Å². The molecule has 120 valence electrons. The first-order valence-corrected chi connectivity index (χ1v) is 8.67. The second-order valence-corrected chi connectivity index (χ2v) is 6.92. The molecule has 0 bridgehead atoms. The Hall–Kier alpha value is -0.120. The van der Waals surface area contributed by atoms with E-state index in [1.807, 2.05) is 0 Å². The van der Waals surface area contributed by atoms with Crippen LogP contribution in [0.4, 0.5) is 0 Å². The largest absolute Gasteiger partial charge is 0.329 e. The molecule has 0 aromatic rings. The quantitative estimate of drug-likeness (QED) is 0.706. The molecule has 0 aliphatic heterocycles. The maximum Gasteiger partial charge on any atom is 0.0331 e. The lowest BCUT2D eigenvalue weighted by atomic mass is 9.74. The zero-order valence-electron chi connectivity index (χ0n) is 14.3. The van der Waals surface area contributed by atoms with Gasteiger partial charge in [-0.15, -0.1) is 0 Å². The Kier molecular flexibility index (Phi) is 8.08. The highest BCUT2D eigenvalue weighted by atomic mass is 15.2. The van der Waals surface area contributed by atoms with Gasteiger partial charge in [0, 0.05) is 12.1 Å². The number of hydrogen-bond acceptors (Lipinski definition) is 3. The number of rotatable bonds is 9.